The van der Waals surface area contributed by atoms with Gasteiger partial charge in [0.15, 0.2) is 11.6 Å². The zero-order valence-electron chi connectivity index (χ0n) is 8.09. The summed E-state index contributed by atoms with van der Waals surface area (Å²) < 4.78 is 18.0. The molecule has 0 unspecified atom stereocenters. The highest BCUT2D eigenvalue weighted by Crippen LogP contribution is 2.20. The van der Waals surface area contributed by atoms with E-state index in [1.165, 1.54) is 13.2 Å². The molecule has 0 spiro atoms. The van der Waals surface area contributed by atoms with Crippen molar-refractivity contribution in [1.82, 2.24) is 0 Å². The molecule has 14 heavy (non-hydrogen) atoms. The van der Waals surface area contributed by atoms with Gasteiger partial charge in [-0.2, -0.15) is 12.6 Å². The Morgan fingerprint density at radius 1 is 1.50 bits per heavy atom. The summed E-state index contributed by atoms with van der Waals surface area (Å²) in [6, 6.07) is 4.83. The fourth-order valence-electron chi connectivity index (χ4n) is 1.09. The highest BCUT2D eigenvalue weighted by molar-refractivity contribution is 7.80. The van der Waals surface area contributed by atoms with Gasteiger partial charge in [0.05, 0.1) is 7.11 Å². The maximum atomic E-state index is 13.2. The number of ether oxygens (including phenoxy) is 1. The smallest absolute Gasteiger partial charge is 0.167 e. The predicted octanol–water partition coefficient (Wildman–Crippen LogP) is 2.57. The average molecular weight is 215 g/mol. The van der Waals surface area contributed by atoms with Crippen LogP contribution in [0.25, 0.3) is 0 Å². The molecule has 0 aliphatic rings. The Labute approximate surface area is 88.9 Å². The van der Waals surface area contributed by atoms with Crippen LogP contribution in [0.4, 0.5) is 10.1 Å². The summed E-state index contributed by atoms with van der Waals surface area (Å²) in [6.45, 7) is 0.801. The number of halogens is 1. The summed E-state index contributed by atoms with van der Waals surface area (Å²) in [5.74, 6) is 0.749. The van der Waals surface area contributed by atoms with Crippen LogP contribution in [0.5, 0.6) is 5.75 Å². The van der Waals surface area contributed by atoms with Crippen molar-refractivity contribution in [3.8, 4) is 5.75 Å². The number of thiol groups is 1. The molecule has 78 valence electrons. The van der Waals surface area contributed by atoms with E-state index in [-0.39, 0.29) is 11.6 Å². The molecule has 1 aromatic carbocycles. The van der Waals surface area contributed by atoms with Gasteiger partial charge in [-0.1, -0.05) is 0 Å². The summed E-state index contributed by atoms with van der Waals surface area (Å²) in [5.41, 5.74) is 0.769. The van der Waals surface area contributed by atoms with E-state index in [1.54, 1.807) is 12.1 Å². The van der Waals surface area contributed by atoms with Gasteiger partial charge in [0.2, 0.25) is 0 Å². The summed E-state index contributed by atoms with van der Waals surface area (Å²) in [4.78, 5) is 0. The molecule has 0 bridgehead atoms. The van der Waals surface area contributed by atoms with E-state index >= 15 is 0 Å². The molecule has 1 N–H and O–H groups in total. The van der Waals surface area contributed by atoms with Crippen molar-refractivity contribution in [2.24, 2.45) is 0 Å². The molecule has 1 aromatic rings. The minimum Gasteiger partial charge on any atom is -0.494 e. The average Bonchev–Trinajstić information content (AvgIpc) is 2.18. The molecule has 0 radical (unpaired) electrons. The van der Waals surface area contributed by atoms with Crippen LogP contribution >= 0.6 is 12.6 Å². The molecule has 0 aliphatic heterocycles. The lowest BCUT2D eigenvalue weighted by molar-refractivity contribution is 0.386. The first-order valence-corrected chi connectivity index (χ1v) is 5.09. The topological polar surface area (TPSA) is 21.3 Å². The molecular formula is C10H14FNOS. The summed E-state index contributed by atoms with van der Waals surface area (Å²) in [6.07, 6.45) is 0.955. The van der Waals surface area contributed by atoms with Crippen LogP contribution in [0.2, 0.25) is 0 Å². The first-order valence-electron chi connectivity index (χ1n) is 4.46. The van der Waals surface area contributed by atoms with E-state index < -0.39 is 0 Å². The number of methoxy groups -OCH3 is 1. The Hall–Kier alpha value is -0.900. The van der Waals surface area contributed by atoms with Crippen LogP contribution in [-0.4, -0.2) is 19.4 Å². The Morgan fingerprint density at radius 3 is 2.86 bits per heavy atom. The number of nitrogens with one attached hydrogen (secondary N) is 1. The lowest BCUT2D eigenvalue weighted by atomic mass is 10.3. The van der Waals surface area contributed by atoms with Crippen molar-refractivity contribution in [2.75, 3.05) is 24.7 Å². The third kappa shape index (κ3) is 3.10. The molecule has 2 nitrogen and oxygen atoms in total. The molecular weight excluding hydrogens is 201 g/mol. The molecule has 0 amide bonds. The number of hydrogen-bond donors (Lipinski definition) is 2. The zero-order chi connectivity index (χ0) is 10.4. The van der Waals surface area contributed by atoms with E-state index in [0.29, 0.717) is 0 Å². The molecule has 0 heterocycles. The molecule has 4 heteroatoms. The Morgan fingerprint density at radius 2 is 2.29 bits per heavy atom. The van der Waals surface area contributed by atoms with Crippen LogP contribution in [-0.2, 0) is 0 Å². The lowest BCUT2D eigenvalue weighted by Gasteiger charge is -2.07. The number of anilines is 1. The van der Waals surface area contributed by atoms with Crippen molar-refractivity contribution < 1.29 is 9.13 Å². The van der Waals surface area contributed by atoms with Gasteiger partial charge < -0.3 is 10.1 Å². The molecule has 0 atom stereocenters. The fourth-order valence-corrected chi connectivity index (χ4v) is 1.25. The summed E-state index contributed by atoms with van der Waals surface area (Å²) in [5, 5.41) is 3.09. The van der Waals surface area contributed by atoms with Gasteiger partial charge in [0, 0.05) is 18.3 Å². The third-order valence-electron chi connectivity index (χ3n) is 1.82. The standard InChI is InChI=1S/C10H14FNOS/c1-13-10-4-3-8(7-9(10)11)12-5-2-6-14/h3-4,7,12,14H,2,5-6H2,1H3. The highest BCUT2D eigenvalue weighted by atomic mass is 32.1. The first-order chi connectivity index (χ1) is 6.77. The van der Waals surface area contributed by atoms with Gasteiger partial charge in [0.1, 0.15) is 0 Å². The third-order valence-corrected chi connectivity index (χ3v) is 2.13. The van der Waals surface area contributed by atoms with Gasteiger partial charge >= 0.3 is 0 Å². The second-order valence-electron chi connectivity index (χ2n) is 2.85. The maximum absolute atomic E-state index is 13.2. The van der Waals surface area contributed by atoms with Crippen LogP contribution in [0, 0.1) is 5.82 Å². The molecule has 0 saturated heterocycles. The lowest BCUT2D eigenvalue weighted by Crippen LogP contribution is -2.02. The van der Waals surface area contributed by atoms with E-state index in [1.807, 2.05) is 0 Å². The van der Waals surface area contributed by atoms with Crippen LogP contribution < -0.4 is 10.1 Å². The van der Waals surface area contributed by atoms with Crippen LogP contribution in [0.15, 0.2) is 18.2 Å². The van der Waals surface area contributed by atoms with Crippen molar-refractivity contribution in [2.45, 2.75) is 6.42 Å². The minimum absolute atomic E-state index is 0.268. The van der Waals surface area contributed by atoms with Gasteiger partial charge in [0.25, 0.3) is 0 Å². The summed E-state index contributed by atoms with van der Waals surface area (Å²) in [7, 11) is 1.45. The number of rotatable bonds is 5. The van der Waals surface area contributed by atoms with Crippen molar-refractivity contribution in [3.63, 3.8) is 0 Å². The molecule has 0 aromatic heterocycles. The largest absolute Gasteiger partial charge is 0.494 e. The van der Waals surface area contributed by atoms with Gasteiger partial charge in [-0.15, -0.1) is 0 Å². The van der Waals surface area contributed by atoms with E-state index in [2.05, 4.69) is 17.9 Å². The van der Waals surface area contributed by atoms with Gasteiger partial charge in [-0.05, 0) is 24.3 Å². The molecule has 0 aliphatic carbocycles. The van der Waals surface area contributed by atoms with E-state index in [0.717, 1.165) is 24.4 Å². The summed E-state index contributed by atoms with van der Waals surface area (Å²) >= 11 is 4.08. The second kappa shape index (κ2) is 5.75. The SMILES string of the molecule is COc1ccc(NCCCS)cc1F. The molecule has 0 fully saturated rings. The van der Waals surface area contributed by atoms with Crippen LogP contribution in [0.1, 0.15) is 6.42 Å². The number of benzene rings is 1. The normalized spacial score (nSPS) is 9.93. The molecule has 0 saturated carbocycles. The highest BCUT2D eigenvalue weighted by Gasteiger charge is 2.02. The van der Waals surface area contributed by atoms with Crippen molar-refractivity contribution >= 4 is 18.3 Å². The fraction of sp³-hybridized carbons (Fsp3) is 0.400. The first kappa shape index (κ1) is 11.2. The Kier molecular flexibility index (Phi) is 4.59. The zero-order valence-corrected chi connectivity index (χ0v) is 8.98. The van der Waals surface area contributed by atoms with Crippen molar-refractivity contribution in [3.05, 3.63) is 24.0 Å². The van der Waals surface area contributed by atoms with E-state index in [9.17, 15) is 4.39 Å². The van der Waals surface area contributed by atoms with Gasteiger partial charge in [-0.25, -0.2) is 4.39 Å². The van der Waals surface area contributed by atoms with Crippen LogP contribution in [0.3, 0.4) is 0 Å². The Bertz CT molecular complexity index is 293. The second-order valence-corrected chi connectivity index (χ2v) is 3.30. The molecule has 1 rings (SSSR count). The maximum Gasteiger partial charge on any atom is 0.167 e. The Balaban J connectivity index is 2.57. The quantitative estimate of drug-likeness (QED) is 0.582. The minimum atomic E-state index is -0.344. The number of hydrogen-bond acceptors (Lipinski definition) is 3. The predicted molar refractivity (Wildman–Crippen MR) is 59.9 cm³/mol. The van der Waals surface area contributed by atoms with Gasteiger partial charge in [-0.3, -0.25) is 0 Å². The van der Waals surface area contributed by atoms with Crippen molar-refractivity contribution in [1.29, 1.82) is 0 Å². The van der Waals surface area contributed by atoms with E-state index in [4.69, 9.17) is 4.74 Å². The monoisotopic (exact) mass is 215 g/mol.